The first-order valence-electron chi connectivity index (χ1n) is 12.1. The van der Waals surface area contributed by atoms with Gasteiger partial charge in [-0.25, -0.2) is 18.4 Å². The summed E-state index contributed by atoms with van der Waals surface area (Å²) in [6.07, 6.45) is 1.82. The molecule has 1 fully saturated rings. The molecule has 0 bridgehead atoms. The van der Waals surface area contributed by atoms with Gasteiger partial charge in [-0.3, -0.25) is 5.10 Å². The Morgan fingerprint density at radius 1 is 1.05 bits per heavy atom. The van der Waals surface area contributed by atoms with E-state index >= 15 is 0 Å². The smallest absolute Gasteiger partial charge is 0.162 e. The number of H-pyrrole nitrogens is 1. The Bertz CT molecular complexity index is 1760. The zero-order valence-electron chi connectivity index (χ0n) is 19.9. The predicted molar refractivity (Wildman–Crippen MR) is 146 cm³/mol. The van der Waals surface area contributed by atoms with Crippen LogP contribution in [0.25, 0.3) is 32.5 Å². The van der Waals surface area contributed by atoms with Crippen LogP contribution in [0.3, 0.4) is 0 Å². The maximum Gasteiger partial charge on any atom is 0.162 e. The Morgan fingerprint density at radius 2 is 1.92 bits per heavy atom. The molecule has 188 valence electrons. The Morgan fingerprint density at radius 3 is 2.81 bits per heavy atom. The molecule has 0 aliphatic carbocycles. The fraction of sp³-hybridized carbons (Fsp3) is 0.269. The highest BCUT2D eigenvalue weighted by Crippen LogP contribution is 2.36. The summed E-state index contributed by atoms with van der Waals surface area (Å²) in [6.45, 7) is 3.52. The van der Waals surface area contributed by atoms with Crippen molar-refractivity contribution in [3.63, 3.8) is 0 Å². The molecule has 2 aromatic carbocycles. The van der Waals surface area contributed by atoms with E-state index in [1.807, 2.05) is 42.6 Å². The number of hydrogen-bond donors (Lipinski definition) is 2. The maximum absolute atomic E-state index is 12.0. The van der Waals surface area contributed by atoms with E-state index in [1.165, 1.54) is 0 Å². The molecule has 0 spiro atoms. The van der Waals surface area contributed by atoms with Crippen molar-refractivity contribution >= 4 is 53.8 Å². The lowest BCUT2D eigenvalue weighted by atomic mass is 10.1. The third kappa shape index (κ3) is 4.22. The van der Waals surface area contributed by atoms with Gasteiger partial charge in [-0.1, -0.05) is 18.2 Å². The second-order valence-electron chi connectivity index (χ2n) is 9.40. The third-order valence-electron chi connectivity index (χ3n) is 6.86. The van der Waals surface area contributed by atoms with Crippen LogP contribution in [0.5, 0.6) is 0 Å². The van der Waals surface area contributed by atoms with E-state index in [4.69, 9.17) is 14.7 Å². The average Bonchev–Trinajstić information content (AvgIpc) is 3.62. The van der Waals surface area contributed by atoms with Crippen LogP contribution in [0, 0.1) is 0 Å². The minimum atomic E-state index is -3.02. The van der Waals surface area contributed by atoms with Gasteiger partial charge in [0.05, 0.1) is 46.6 Å². The van der Waals surface area contributed by atoms with Gasteiger partial charge in [0.2, 0.25) is 0 Å². The predicted octanol–water partition coefficient (Wildman–Crippen LogP) is 4.11. The molecule has 5 aromatic rings. The third-order valence-corrected chi connectivity index (χ3v) is 9.49. The number of fused-ring (bicyclic) bond motifs is 3. The van der Waals surface area contributed by atoms with Gasteiger partial charge in [0.1, 0.15) is 0 Å². The molecular weight excluding hydrogens is 508 g/mol. The molecule has 37 heavy (non-hydrogen) atoms. The van der Waals surface area contributed by atoms with Crippen LogP contribution in [0.2, 0.25) is 0 Å². The standard InChI is InChI=1S/C26H24N6O3S2/c33-37(34)14-16-4-5-18(10-17(16)15-37)27-12-19-11-23-24(36-19)26(32-6-8-35-9-7-32)30-25(29-23)20-2-1-3-22-21(20)13-28-31-22/h1-5,10-11,13,27H,6-9,12,14-15H2,(H,28,31). The second-order valence-corrected chi connectivity index (χ2v) is 12.6. The Kier molecular flexibility index (Phi) is 5.38. The van der Waals surface area contributed by atoms with Gasteiger partial charge in [0.25, 0.3) is 0 Å². The maximum atomic E-state index is 12.0. The van der Waals surface area contributed by atoms with Crippen LogP contribution in [-0.2, 0) is 32.6 Å². The molecule has 0 atom stereocenters. The van der Waals surface area contributed by atoms with Gasteiger partial charge in [-0.05, 0) is 35.4 Å². The molecule has 2 aliphatic rings. The number of benzene rings is 2. The van der Waals surface area contributed by atoms with Crippen molar-refractivity contribution < 1.29 is 13.2 Å². The summed E-state index contributed by atoms with van der Waals surface area (Å²) in [7, 11) is -3.02. The Balaban J connectivity index is 1.24. The van der Waals surface area contributed by atoms with Gasteiger partial charge in [0, 0.05) is 41.1 Å². The summed E-state index contributed by atoms with van der Waals surface area (Å²) < 4.78 is 30.6. The highest BCUT2D eigenvalue weighted by molar-refractivity contribution is 7.90. The van der Waals surface area contributed by atoms with Crippen LogP contribution in [0.1, 0.15) is 16.0 Å². The lowest BCUT2D eigenvalue weighted by Gasteiger charge is -2.28. The van der Waals surface area contributed by atoms with Crippen LogP contribution >= 0.6 is 11.3 Å². The van der Waals surface area contributed by atoms with Crippen molar-refractivity contribution in [3.8, 4) is 11.4 Å². The van der Waals surface area contributed by atoms with Crippen molar-refractivity contribution in [2.45, 2.75) is 18.1 Å². The number of nitrogens with zero attached hydrogens (tertiary/aromatic N) is 4. The lowest BCUT2D eigenvalue weighted by Crippen LogP contribution is -2.36. The molecule has 0 amide bonds. The van der Waals surface area contributed by atoms with Crippen molar-refractivity contribution in [2.24, 2.45) is 0 Å². The van der Waals surface area contributed by atoms with Crippen LogP contribution in [0.4, 0.5) is 11.5 Å². The SMILES string of the molecule is O=S1(=O)Cc2ccc(NCc3cc4nc(-c5cccc6[nH]ncc56)nc(N5CCOCC5)c4s3)cc2C1. The summed E-state index contributed by atoms with van der Waals surface area (Å²) in [5.41, 5.74) is 5.51. The number of morpholine rings is 1. The van der Waals surface area contributed by atoms with Gasteiger partial charge in [-0.2, -0.15) is 5.10 Å². The molecule has 1 saturated heterocycles. The van der Waals surface area contributed by atoms with E-state index in [-0.39, 0.29) is 11.5 Å². The number of nitrogens with one attached hydrogen (secondary N) is 2. The first kappa shape index (κ1) is 22.6. The monoisotopic (exact) mass is 532 g/mol. The molecule has 11 heteroatoms. The highest BCUT2D eigenvalue weighted by Gasteiger charge is 2.25. The summed E-state index contributed by atoms with van der Waals surface area (Å²) in [4.78, 5) is 13.4. The lowest BCUT2D eigenvalue weighted by molar-refractivity contribution is 0.122. The summed E-state index contributed by atoms with van der Waals surface area (Å²) in [5.74, 6) is 1.86. The normalized spacial score (nSPS) is 16.9. The average molecular weight is 533 g/mol. The van der Waals surface area contributed by atoms with Gasteiger partial charge in [0.15, 0.2) is 21.5 Å². The molecule has 2 aliphatic heterocycles. The van der Waals surface area contributed by atoms with E-state index in [1.54, 1.807) is 11.3 Å². The largest absolute Gasteiger partial charge is 0.380 e. The van der Waals surface area contributed by atoms with Gasteiger partial charge < -0.3 is 15.0 Å². The number of thiophene rings is 1. The number of ether oxygens (including phenoxy) is 1. The fourth-order valence-electron chi connectivity index (χ4n) is 5.05. The van der Waals surface area contributed by atoms with Crippen LogP contribution in [-0.4, -0.2) is 54.9 Å². The van der Waals surface area contributed by atoms with Crippen molar-refractivity contribution in [1.29, 1.82) is 0 Å². The van der Waals surface area contributed by atoms with E-state index in [0.29, 0.717) is 25.6 Å². The summed E-state index contributed by atoms with van der Waals surface area (Å²) >= 11 is 1.69. The van der Waals surface area contributed by atoms with Gasteiger partial charge in [-0.15, -0.1) is 11.3 Å². The number of aromatic amines is 1. The molecule has 0 radical (unpaired) electrons. The van der Waals surface area contributed by atoms with Gasteiger partial charge >= 0.3 is 0 Å². The minimum Gasteiger partial charge on any atom is -0.380 e. The Hall–Kier alpha value is -3.54. The van der Waals surface area contributed by atoms with E-state index in [9.17, 15) is 8.42 Å². The second kappa shape index (κ2) is 8.79. The van der Waals surface area contributed by atoms with Crippen LogP contribution < -0.4 is 10.2 Å². The van der Waals surface area contributed by atoms with Crippen molar-refractivity contribution in [1.82, 2.24) is 20.2 Å². The van der Waals surface area contributed by atoms with E-state index in [2.05, 4.69) is 26.5 Å². The number of sulfone groups is 1. The fourth-order valence-corrected chi connectivity index (χ4v) is 7.70. The number of anilines is 2. The topological polar surface area (TPSA) is 113 Å². The zero-order valence-corrected chi connectivity index (χ0v) is 21.5. The molecular formula is C26H24N6O3S2. The Labute approximate surface area is 217 Å². The number of rotatable bonds is 5. The summed E-state index contributed by atoms with van der Waals surface area (Å²) in [5, 5.41) is 11.7. The summed E-state index contributed by atoms with van der Waals surface area (Å²) in [6, 6.07) is 14.0. The minimum absolute atomic E-state index is 0.117. The molecule has 0 unspecified atom stereocenters. The first-order chi connectivity index (χ1) is 18.0. The molecule has 0 saturated carbocycles. The first-order valence-corrected chi connectivity index (χ1v) is 14.8. The van der Waals surface area contributed by atoms with Crippen LogP contribution in [0.15, 0.2) is 48.7 Å². The number of hydrogen-bond acceptors (Lipinski definition) is 9. The number of aromatic nitrogens is 4. The molecule has 7 rings (SSSR count). The quantitative estimate of drug-likeness (QED) is 0.348. The van der Waals surface area contributed by atoms with E-state index < -0.39 is 9.84 Å². The molecule has 2 N–H and O–H groups in total. The zero-order chi connectivity index (χ0) is 25.0. The molecule has 5 heterocycles. The van der Waals surface area contributed by atoms with Crippen molar-refractivity contribution in [3.05, 3.63) is 64.7 Å². The van der Waals surface area contributed by atoms with Crippen molar-refractivity contribution in [2.75, 3.05) is 36.5 Å². The molecule has 9 nitrogen and oxygen atoms in total. The molecule has 3 aromatic heterocycles. The van der Waals surface area contributed by atoms with E-state index in [0.717, 1.165) is 67.3 Å². The highest BCUT2D eigenvalue weighted by atomic mass is 32.2.